The highest BCUT2D eigenvalue weighted by Crippen LogP contribution is 2.18. The predicted molar refractivity (Wildman–Crippen MR) is 87.0 cm³/mol. The molecule has 1 aromatic rings. The topological polar surface area (TPSA) is 49.8 Å². The molecule has 0 aliphatic carbocycles. The largest absolute Gasteiger partial charge is 0.390 e. The van der Waals surface area contributed by atoms with Gasteiger partial charge in [0.05, 0.1) is 11.7 Å². The van der Waals surface area contributed by atoms with Gasteiger partial charge >= 0.3 is 0 Å². The average molecular weight is 305 g/mol. The van der Waals surface area contributed by atoms with E-state index in [1.165, 1.54) is 0 Å². The second kappa shape index (κ2) is 7.25. The summed E-state index contributed by atoms with van der Waals surface area (Å²) in [5.41, 5.74) is 1.14. The van der Waals surface area contributed by atoms with Crippen LogP contribution in [-0.2, 0) is 11.2 Å². The van der Waals surface area contributed by atoms with Gasteiger partial charge in [0.25, 0.3) is 5.91 Å². The number of nitrogens with zero attached hydrogens (tertiary/aromatic N) is 1. The predicted octanol–water partition coefficient (Wildman–Crippen LogP) is 2.64. The van der Waals surface area contributed by atoms with Gasteiger partial charge in [-0.1, -0.05) is 12.1 Å². The molecular weight excluding hydrogens is 278 g/mol. The van der Waals surface area contributed by atoms with E-state index in [1.54, 1.807) is 21.0 Å². The maximum absolute atomic E-state index is 12.6. The molecule has 0 saturated carbocycles. The van der Waals surface area contributed by atoms with Crippen molar-refractivity contribution in [1.29, 1.82) is 0 Å². The second-order valence-corrected chi connectivity index (χ2v) is 6.76. The van der Waals surface area contributed by atoms with Crippen LogP contribution in [0.3, 0.4) is 0 Å². The lowest BCUT2D eigenvalue weighted by atomic mass is 9.97. The number of piperidine rings is 1. The van der Waals surface area contributed by atoms with E-state index in [0.717, 1.165) is 36.9 Å². The summed E-state index contributed by atoms with van der Waals surface area (Å²) in [6.45, 7) is 5.08. The van der Waals surface area contributed by atoms with Gasteiger partial charge in [-0.05, 0) is 57.2 Å². The number of carbonyl (C=O) groups excluding carboxylic acids is 1. The molecule has 22 heavy (non-hydrogen) atoms. The number of aryl methyl sites for hydroxylation is 1. The molecule has 1 heterocycles. The van der Waals surface area contributed by atoms with Crippen LogP contribution in [0.5, 0.6) is 0 Å². The lowest BCUT2D eigenvalue weighted by molar-refractivity contribution is 0.0269. The summed E-state index contributed by atoms with van der Waals surface area (Å²) >= 11 is 0. The van der Waals surface area contributed by atoms with Crippen LogP contribution in [0.1, 0.15) is 49.0 Å². The van der Waals surface area contributed by atoms with Crippen LogP contribution >= 0.6 is 0 Å². The molecule has 122 valence electrons. The Morgan fingerprint density at radius 2 is 2.23 bits per heavy atom. The molecule has 0 radical (unpaired) electrons. The normalized spacial score (nSPS) is 19.3. The highest BCUT2D eigenvalue weighted by atomic mass is 16.5. The third-order valence-electron chi connectivity index (χ3n) is 4.20. The average Bonchev–Trinajstić information content (AvgIpc) is 2.52. The minimum Gasteiger partial charge on any atom is -0.390 e. The molecule has 4 heteroatoms. The Morgan fingerprint density at radius 3 is 2.91 bits per heavy atom. The first-order chi connectivity index (χ1) is 10.4. The number of likely N-dealkylation sites (tertiary alicyclic amines) is 1. The number of rotatable bonds is 5. The summed E-state index contributed by atoms with van der Waals surface area (Å²) in [5.74, 6) is 0.0758. The van der Waals surface area contributed by atoms with Crippen molar-refractivity contribution in [2.24, 2.45) is 0 Å². The minimum absolute atomic E-state index is 0.0758. The van der Waals surface area contributed by atoms with E-state index in [9.17, 15) is 9.90 Å². The summed E-state index contributed by atoms with van der Waals surface area (Å²) < 4.78 is 5.39. The van der Waals surface area contributed by atoms with Crippen molar-refractivity contribution in [2.75, 3.05) is 20.2 Å². The summed E-state index contributed by atoms with van der Waals surface area (Å²) in [6, 6.07) is 7.75. The highest BCUT2D eigenvalue weighted by molar-refractivity contribution is 5.94. The molecule has 4 nitrogen and oxygen atoms in total. The maximum Gasteiger partial charge on any atom is 0.253 e. The van der Waals surface area contributed by atoms with Gasteiger partial charge in [0.1, 0.15) is 0 Å². The summed E-state index contributed by atoms with van der Waals surface area (Å²) in [4.78, 5) is 14.5. The van der Waals surface area contributed by atoms with Crippen molar-refractivity contribution in [3.05, 3.63) is 35.4 Å². The Kier molecular flexibility index (Phi) is 5.59. The highest BCUT2D eigenvalue weighted by Gasteiger charge is 2.24. The van der Waals surface area contributed by atoms with E-state index in [0.29, 0.717) is 13.0 Å². The molecule has 1 aliphatic heterocycles. The monoisotopic (exact) mass is 305 g/mol. The number of amides is 1. The molecule has 1 amide bonds. The third kappa shape index (κ3) is 4.82. The zero-order chi connectivity index (χ0) is 16.2. The molecule has 2 rings (SSSR count). The van der Waals surface area contributed by atoms with Gasteiger partial charge in [0.2, 0.25) is 0 Å². The van der Waals surface area contributed by atoms with Crippen molar-refractivity contribution in [3.8, 4) is 0 Å². The van der Waals surface area contributed by atoms with Crippen LogP contribution in [0.2, 0.25) is 0 Å². The molecule has 1 N–H and O–H groups in total. The first kappa shape index (κ1) is 17.0. The lowest BCUT2D eigenvalue weighted by Gasteiger charge is -2.32. The number of hydrogen-bond donors (Lipinski definition) is 1. The number of ether oxygens (including phenoxy) is 1. The molecule has 1 saturated heterocycles. The van der Waals surface area contributed by atoms with Crippen molar-refractivity contribution in [1.82, 2.24) is 4.90 Å². The van der Waals surface area contributed by atoms with Crippen molar-refractivity contribution in [2.45, 2.75) is 51.2 Å². The number of carbonyl (C=O) groups is 1. The van der Waals surface area contributed by atoms with Gasteiger partial charge in [0.15, 0.2) is 0 Å². The Bertz CT molecular complexity index is 507. The molecule has 1 fully saturated rings. The number of methoxy groups -OCH3 is 1. The number of benzene rings is 1. The van der Waals surface area contributed by atoms with Gasteiger partial charge < -0.3 is 14.7 Å². The summed E-state index contributed by atoms with van der Waals surface area (Å²) in [6.07, 6.45) is 3.61. The number of hydrogen-bond acceptors (Lipinski definition) is 3. The fourth-order valence-corrected chi connectivity index (χ4v) is 2.81. The quantitative estimate of drug-likeness (QED) is 0.910. The van der Waals surface area contributed by atoms with E-state index >= 15 is 0 Å². The SMILES string of the molecule is CO[C@H]1CCCN(C(=O)c2cccc(CCC(C)(C)O)c2)C1. The van der Waals surface area contributed by atoms with Crippen LogP contribution in [0.15, 0.2) is 24.3 Å². The molecule has 0 aromatic heterocycles. The van der Waals surface area contributed by atoms with E-state index in [2.05, 4.69) is 0 Å². The molecule has 1 atom stereocenters. The molecule has 0 unspecified atom stereocenters. The molecule has 1 aromatic carbocycles. The van der Waals surface area contributed by atoms with Crippen molar-refractivity contribution in [3.63, 3.8) is 0 Å². The molecular formula is C18H27NO3. The van der Waals surface area contributed by atoms with Crippen molar-refractivity contribution < 1.29 is 14.6 Å². The Morgan fingerprint density at radius 1 is 1.45 bits per heavy atom. The maximum atomic E-state index is 12.6. The third-order valence-corrected chi connectivity index (χ3v) is 4.20. The first-order valence-corrected chi connectivity index (χ1v) is 8.02. The smallest absolute Gasteiger partial charge is 0.253 e. The fourth-order valence-electron chi connectivity index (χ4n) is 2.81. The van der Waals surface area contributed by atoms with Crippen LogP contribution in [0, 0.1) is 0 Å². The van der Waals surface area contributed by atoms with Gasteiger partial charge in [-0.15, -0.1) is 0 Å². The number of aliphatic hydroxyl groups is 1. The van der Waals surface area contributed by atoms with Gasteiger partial charge in [-0.25, -0.2) is 0 Å². The Hall–Kier alpha value is -1.39. The van der Waals surface area contributed by atoms with Crippen LogP contribution in [0.25, 0.3) is 0 Å². The van der Waals surface area contributed by atoms with E-state index in [4.69, 9.17) is 4.74 Å². The molecule has 1 aliphatic rings. The minimum atomic E-state index is -0.682. The first-order valence-electron chi connectivity index (χ1n) is 8.02. The molecule has 0 spiro atoms. The van der Waals surface area contributed by atoms with Gasteiger partial charge in [-0.3, -0.25) is 4.79 Å². The van der Waals surface area contributed by atoms with Crippen LogP contribution < -0.4 is 0 Å². The standard InChI is InChI=1S/C18H27NO3/c1-18(2,21)10-9-14-6-4-7-15(12-14)17(20)19-11-5-8-16(13-19)22-3/h4,6-7,12,16,21H,5,8-11,13H2,1-3H3/t16-/m0/s1. The zero-order valence-corrected chi connectivity index (χ0v) is 13.8. The Balaban J connectivity index is 2.03. The molecule has 0 bridgehead atoms. The Labute approximate surface area is 133 Å². The lowest BCUT2D eigenvalue weighted by Crippen LogP contribution is -2.42. The summed E-state index contributed by atoms with van der Waals surface area (Å²) in [5, 5.41) is 9.83. The van der Waals surface area contributed by atoms with E-state index in [-0.39, 0.29) is 12.0 Å². The second-order valence-electron chi connectivity index (χ2n) is 6.76. The van der Waals surface area contributed by atoms with Crippen LogP contribution in [-0.4, -0.2) is 47.8 Å². The zero-order valence-electron chi connectivity index (χ0n) is 13.8. The van der Waals surface area contributed by atoms with E-state index in [1.807, 2.05) is 29.2 Å². The summed E-state index contributed by atoms with van der Waals surface area (Å²) in [7, 11) is 1.70. The van der Waals surface area contributed by atoms with Crippen LogP contribution in [0.4, 0.5) is 0 Å². The van der Waals surface area contributed by atoms with E-state index < -0.39 is 5.60 Å². The van der Waals surface area contributed by atoms with Gasteiger partial charge in [-0.2, -0.15) is 0 Å². The fraction of sp³-hybridized carbons (Fsp3) is 0.611. The van der Waals surface area contributed by atoms with Gasteiger partial charge in [0, 0.05) is 25.8 Å². The van der Waals surface area contributed by atoms with Crippen molar-refractivity contribution >= 4 is 5.91 Å².